The Balaban J connectivity index is 2.60. The summed E-state index contributed by atoms with van der Waals surface area (Å²) in [5.74, 6) is -3.34. The first kappa shape index (κ1) is 21.7. The van der Waals surface area contributed by atoms with Gasteiger partial charge in [-0.05, 0) is 13.1 Å². The summed E-state index contributed by atoms with van der Waals surface area (Å²) >= 11 is 0. The molecule has 10 nitrogen and oxygen atoms in total. The Morgan fingerprint density at radius 2 is 1.85 bits per heavy atom. The molecule has 0 saturated heterocycles. The molecule has 0 bridgehead atoms. The van der Waals surface area contributed by atoms with Crippen molar-refractivity contribution in [2.24, 2.45) is 0 Å². The molecule has 1 aliphatic heterocycles. The Morgan fingerprint density at radius 1 is 1.23 bits per heavy atom. The third-order valence-corrected chi connectivity index (χ3v) is 4.19. The lowest BCUT2D eigenvalue weighted by Crippen LogP contribution is -2.55. The third-order valence-electron chi connectivity index (χ3n) is 3.48. The van der Waals surface area contributed by atoms with Crippen molar-refractivity contribution in [2.45, 2.75) is 25.4 Å². The van der Waals surface area contributed by atoms with Crippen molar-refractivity contribution < 1.29 is 29.1 Å². The van der Waals surface area contributed by atoms with E-state index in [9.17, 15) is 24.0 Å². The van der Waals surface area contributed by atoms with E-state index in [2.05, 4.69) is 25.2 Å². The number of aliphatic carboxylic acids is 1. The number of carbonyl (C=O) groups is 5. The summed E-state index contributed by atoms with van der Waals surface area (Å²) in [4.78, 5) is 59.0. The molecule has 1 aliphatic rings. The molecule has 0 aromatic rings. The molecule has 0 aliphatic carbocycles. The first-order valence-electron chi connectivity index (χ1n) is 8.01. The topological polar surface area (TPSA) is 145 Å². The Hall–Kier alpha value is -2.32. The molecule has 0 aromatic carbocycles. The van der Waals surface area contributed by atoms with E-state index in [1.165, 1.54) is 0 Å². The van der Waals surface area contributed by atoms with Crippen LogP contribution in [-0.2, 0) is 24.0 Å². The zero-order valence-electron chi connectivity index (χ0n) is 14.4. The Morgan fingerprint density at radius 3 is 2.38 bits per heavy atom. The summed E-state index contributed by atoms with van der Waals surface area (Å²) < 4.78 is 0. The Kier molecular flexibility index (Phi) is 8.87. The second-order valence-electron chi connectivity index (χ2n) is 5.67. The van der Waals surface area contributed by atoms with Gasteiger partial charge in [-0.1, -0.05) is 0 Å². The summed E-state index contributed by atoms with van der Waals surface area (Å²) in [7, 11) is 2.51. The van der Waals surface area contributed by atoms with Crippen LogP contribution in [0.15, 0.2) is 12.2 Å². The van der Waals surface area contributed by atoms with E-state index in [4.69, 9.17) is 5.11 Å². The summed E-state index contributed by atoms with van der Waals surface area (Å²) in [6.45, 7) is 1.22. The SMILES string of the molecule is CC(CP)NC(=O)CCNC(=O)C(CNCC(=O)O)N1C(=O)C=CC1=O. The zero-order valence-corrected chi connectivity index (χ0v) is 15.5. The number of rotatable bonds is 11. The summed E-state index contributed by atoms with van der Waals surface area (Å²) in [5, 5.41) is 16.4. The number of amides is 4. The molecule has 0 spiro atoms. The van der Waals surface area contributed by atoms with Gasteiger partial charge in [-0.15, -0.1) is 9.24 Å². The molecule has 1 heterocycles. The highest BCUT2D eigenvalue weighted by atomic mass is 31.0. The molecule has 144 valence electrons. The van der Waals surface area contributed by atoms with Crippen molar-refractivity contribution in [1.82, 2.24) is 20.9 Å². The molecule has 0 fully saturated rings. The van der Waals surface area contributed by atoms with Crippen molar-refractivity contribution in [3.05, 3.63) is 12.2 Å². The fourth-order valence-corrected chi connectivity index (χ4v) is 2.28. The van der Waals surface area contributed by atoms with E-state index < -0.39 is 36.3 Å². The Labute approximate surface area is 152 Å². The molecule has 4 N–H and O–H groups in total. The normalized spacial score (nSPS) is 15.7. The fourth-order valence-electron chi connectivity index (χ4n) is 2.16. The molecule has 0 saturated carbocycles. The molecule has 0 aromatic heterocycles. The maximum absolute atomic E-state index is 12.3. The minimum atomic E-state index is -1.21. The number of hydrogen-bond donors (Lipinski definition) is 4. The zero-order chi connectivity index (χ0) is 19.7. The molecular formula is C15H23N4O6P. The van der Waals surface area contributed by atoms with Crippen LogP contribution >= 0.6 is 9.24 Å². The standard InChI is InChI=1S/C15H23N4O6P/c1-9(8-26)18-11(20)4-5-17-15(25)10(6-16-7-14(23)24)19-12(21)2-3-13(19)22/h2-3,9-10,16H,4-8,26H2,1H3,(H,17,25)(H,18,20)(H,23,24). The van der Waals surface area contributed by atoms with Gasteiger partial charge in [0.1, 0.15) is 6.04 Å². The average molecular weight is 386 g/mol. The number of hydrogen-bond acceptors (Lipinski definition) is 6. The van der Waals surface area contributed by atoms with Crippen LogP contribution in [0, 0.1) is 0 Å². The van der Waals surface area contributed by atoms with Gasteiger partial charge in [0.15, 0.2) is 0 Å². The van der Waals surface area contributed by atoms with Crippen molar-refractivity contribution >= 4 is 38.8 Å². The van der Waals surface area contributed by atoms with Crippen LogP contribution in [0.1, 0.15) is 13.3 Å². The number of nitrogens with zero attached hydrogens (tertiary/aromatic N) is 1. The number of imide groups is 1. The minimum Gasteiger partial charge on any atom is -0.480 e. The fraction of sp³-hybridized carbons (Fsp3) is 0.533. The molecule has 0 radical (unpaired) electrons. The summed E-state index contributed by atoms with van der Waals surface area (Å²) in [6, 6.07) is -1.22. The molecule has 3 unspecified atom stereocenters. The van der Waals surface area contributed by atoms with Crippen LogP contribution in [0.25, 0.3) is 0 Å². The molecule has 1 rings (SSSR count). The smallest absolute Gasteiger partial charge is 0.317 e. The number of carboxylic acid groups (broad SMARTS) is 1. The number of carboxylic acids is 1. The molecule has 26 heavy (non-hydrogen) atoms. The first-order valence-corrected chi connectivity index (χ1v) is 8.82. The van der Waals surface area contributed by atoms with Crippen molar-refractivity contribution in [3.63, 3.8) is 0 Å². The van der Waals surface area contributed by atoms with Crippen molar-refractivity contribution in [1.29, 1.82) is 0 Å². The molecule has 4 amide bonds. The van der Waals surface area contributed by atoms with E-state index in [-0.39, 0.29) is 31.5 Å². The highest BCUT2D eigenvalue weighted by Gasteiger charge is 2.35. The largest absolute Gasteiger partial charge is 0.480 e. The van der Waals surface area contributed by atoms with Gasteiger partial charge in [0.2, 0.25) is 11.8 Å². The van der Waals surface area contributed by atoms with Gasteiger partial charge in [-0.25, -0.2) is 0 Å². The van der Waals surface area contributed by atoms with Gasteiger partial charge in [0.25, 0.3) is 11.8 Å². The van der Waals surface area contributed by atoms with E-state index >= 15 is 0 Å². The lowest BCUT2D eigenvalue weighted by molar-refractivity contribution is -0.145. The average Bonchev–Trinajstić information content (AvgIpc) is 2.90. The van der Waals surface area contributed by atoms with E-state index in [1.807, 2.05) is 6.92 Å². The van der Waals surface area contributed by atoms with Crippen molar-refractivity contribution in [2.75, 3.05) is 25.8 Å². The predicted octanol–water partition coefficient (Wildman–Crippen LogP) is -2.16. The number of carbonyl (C=O) groups excluding carboxylic acids is 4. The minimum absolute atomic E-state index is 0.0120. The maximum atomic E-state index is 12.3. The van der Waals surface area contributed by atoms with Crippen LogP contribution in [0.4, 0.5) is 0 Å². The lowest BCUT2D eigenvalue weighted by atomic mass is 10.2. The van der Waals surface area contributed by atoms with Crippen LogP contribution in [0.3, 0.4) is 0 Å². The van der Waals surface area contributed by atoms with Crippen LogP contribution in [0.5, 0.6) is 0 Å². The quantitative estimate of drug-likeness (QED) is 0.234. The van der Waals surface area contributed by atoms with Gasteiger partial charge < -0.3 is 21.1 Å². The lowest BCUT2D eigenvalue weighted by Gasteiger charge is -2.25. The number of nitrogens with one attached hydrogen (secondary N) is 3. The highest BCUT2D eigenvalue weighted by molar-refractivity contribution is 7.16. The second kappa shape index (κ2) is 10.6. The molecule has 11 heteroatoms. The molecular weight excluding hydrogens is 363 g/mol. The van der Waals surface area contributed by atoms with E-state index in [0.717, 1.165) is 17.1 Å². The Bertz CT molecular complexity index is 591. The highest BCUT2D eigenvalue weighted by Crippen LogP contribution is 2.09. The van der Waals surface area contributed by atoms with Crippen LogP contribution in [0.2, 0.25) is 0 Å². The second-order valence-corrected chi connectivity index (χ2v) is 6.14. The van der Waals surface area contributed by atoms with E-state index in [1.54, 1.807) is 0 Å². The van der Waals surface area contributed by atoms with Gasteiger partial charge in [-0.3, -0.25) is 28.9 Å². The predicted molar refractivity (Wildman–Crippen MR) is 95.1 cm³/mol. The van der Waals surface area contributed by atoms with Gasteiger partial charge in [-0.2, -0.15) is 0 Å². The van der Waals surface area contributed by atoms with Gasteiger partial charge in [0.05, 0.1) is 6.54 Å². The van der Waals surface area contributed by atoms with Gasteiger partial charge in [0, 0.05) is 37.7 Å². The van der Waals surface area contributed by atoms with Gasteiger partial charge >= 0.3 is 5.97 Å². The van der Waals surface area contributed by atoms with Crippen molar-refractivity contribution in [3.8, 4) is 0 Å². The maximum Gasteiger partial charge on any atom is 0.317 e. The monoisotopic (exact) mass is 386 g/mol. The summed E-state index contributed by atoms with van der Waals surface area (Å²) in [5.41, 5.74) is 0. The van der Waals surface area contributed by atoms with Crippen LogP contribution < -0.4 is 16.0 Å². The van der Waals surface area contributed by atoms with Crippen LogP contribution in [-0.4, -0.2) is 77.5 Å². The molecule has 3 atom stereocenters. The summed E-state index contributed by atoms with van der Waals surface area (Å²) in [6.07, 6.45) is 2.81. The first-order chi connectivity index (χ1) is 12.3. The third kappa shape index (κ3) is 6.89. The van der Waals surface area contributed by atoms with E-state index in [0.29, 0.717) is 6.16 Å².